The van der Waals surface area contributed by atoms with Gasteiger partial charge < -0.3 is 14.8 Å². The molecule has 2 aliphatic rings. The summed E-state index contributed by atoms with van der Waals surface area (Å²) >= 11 is 0. The Morgan fingerprint density at radius 2 is 1.84 bits per heavy atom. The van der Waals surface area contributed by atoms with Crippen LogP contribution in [0.2, 0.25) is 0 Å². The number of carbonyl (C=O) groups is 1. The summed E-state index contributed by atoms with van der Waals surface area (Å²) in [6.07, 6.45) is 5.27. The summed E-state index contributed by atoms with van der Waals surface area (Å²) in [4.78, 5) is 14.5. The minimum atomic E-state index is -0.351. The van der Waals surface area contributed by atoms with E-state index in [1.54, 1.807) is 12.1 Å². The molecule has 138 valence electrons. The maximum absolute atomic E-state index is 13.2. The number of hydrogen-bond acceptors (Lipinski definition) is 4. The molecule has 3 rings (SSSR count). The van der Waals surface area contributed by atoms with E-state index < -0.39 is 0 Å². The molecule has 1 amide bonds. The van der Waals surface area contributed by atoms with E-state index in [0.717, 1.165) is 52.0 Å². The van der Waals surface area contributed by atoms with Crippen LogP contribution in [0.3, 0.4) is 0 Å². The Hall–Kier alpha value is -1.50. The number of halogens is 1. The second kappa shape index (κ2) is 9.27. The molecule has 1 aromatic carbocycles. The Morgan fingerprint density at radius 1 is 1.16 bits per heavy atom. The third-order valence-electron chi connectivity index (χ3n) is 4.74. The molecule has 5 nitrogen and oxygen atoms in total. The second-order valence-corrected chi connectivity index (χ2v) is 6.84. The molecule has 0 radical (unpaired) electrons. The van der Waals surface area contributed by atoms with Gasteiger partial charge in [0.1, 0.15) is 5.82 Å². The van der Waals surface area contributed by atoms with Crippen LogP contribution < -0.4 is 5.32 Å². The molecule has 0 aliphatic carbocycles. The molecule has 0 aromatic heterocycles. The van der Waals surface area contributed by atoms with Gasteiger partial charge in [0.2, 0.25) is 5.91 Å². The maximum atomic E-state index is 13.2. The fourth-order valence-electron chi connectivity index (χ4n) is 3.46. The number of hydrogen-bond donors (Lipinski definition) is 1. The van der Waals surface area contributed by atoms with Gasteiger partial charge in [-0.3, -0.25) is 9.69 Å². The Kier molecular flexibility index (Phi) is 6.78. The number of rotatable bonds is 8. The van der Waals surface area contributed by atoms with E-state index in [1.165, 1.54) is 12.1 Å². The molecule has 1 aromatic rings. The molecule has 0 unspecified atom stereocenters. The highest BCUT2D eigenvalue weighted by molar-refractivity contribution is 5.90. The molecule has 2 aliphatic heterocycles. The van der Waals surface area contributed by atoms with Crippen LogP contribution in [0, 0.1) is 5.82 Å². The van der Waals surface area contributed by atoms with Gasteiger partial charge in [-0.1, -0.05) is 6.07 Å². The van der Waals surface area contributed by atoms with Crippen LogP contribution >= 0.6 is 0 Å². The Bertz CT molecular complexity index is 539. The average Bonchev–Trinajstić information content (AvgIpc) is 3.26. The van der Waals surface area contributed by atoms with Crippen molar-refractivity contribution in [3.8, 4) is 0 Å². The highest BCUT2D eigenvalue weighted by atomic mass is 19.1. The SMILES string of the molecule is O=C(CCN(C[C@H]1CCCO1)C[C@@H]1CCCO1)Nc1cccc(F)c1. The van der Waals surface area contributed by atoms with Crippen molar-refractivity contribution >= 4 is 11.6 Å². The second-order valence-electron chi connectivity index (χ2n) is 6.84. The van der Waals surface area contributed by atoms with E-state index in [2.05, 4.69) is 10.2 Å². The van der Waals surface area contributed by atoms with Crippen molar-refractivity contribution in [1.29, 1.82) is 0 Å². The molecule has 0 bridgehead atoms. The van der Waals surface area contributed by atoms with Crippen LogP contribution in [-0.4, -0.2) is 55.9 Å². The van der Waals surface area contributed by atoms with Gasteiger partial charge >= 0.3 is 0 Å². The molecule has 25 heavy (non-hydrogen) atoms. The summed E-state index contributed by atoms with van der Waals surface area (Å²) in [5.74, 6) is -0.452. The third kappa shape index (κ3) is 6.06. The number of nitrogens with one attached hydrogen (secondary N) is 1. The highest BCUT2D eigenvalue weighted by Gasteiger charge is 2.24. The van der Waals surface area contributed by atoms with Gasteiger partial charge in [0.05, 0.1) is 12.2 Å². The summed E-state index contributed by atoms with van der Waals surface area (Å²) in [7, 11) is 0. The molecule has 2 atom stereocenters. The normalized spacial score (nSPS) is 23.3. The largest absolute Gasteiger partial charge is 0.377 e. The van der Waals surface area contributed by atoms with Gasteiger partial charge in [-0.2, -0.15) is 0 Å². The van der Waals surface area contributed by atoms with Crippen LogP contribution in [0.5, 0.6) is 0 Å². The summed E-state index contributed by atoms with van der Waals surface area (Å²) < 4.78 is 24.7. The van der Waals surface area contributed by atoms with Crippen molar-refractivity contribution in [3.05, 3.63) is 30.1 Å². The first-order valence-electron chi connectivity index (χ1n) is 9.20. The minimum Gasteiger partial charge on any atom is -0.377 e. The molecule has 0 spiro atoms. The van der Waals surface area contributed by atoms with Crippen molar-refractivity contribution in [1.82, 2.24) is 4.90 Å². The fourth-order valence-corrected chi connectivity index (χ4v) is 3.46. The number of anilines is 1. The summed E-state index contributed by atoms with van der Waals surface area (Å²) in [5.41, 5.74) is 0.495. The lowest BCUT2D eigenvalue weighted by molar-refractivity contribution is -0.116. The molecular weight excluding hydrogens is 323 g/mol. The molecule has 0 saturated carbocycles. The van der Waals surface area contributed by atoms with Gasteiger partial charge in [-0.05, 0) is 43.9 Å². The van der Waals surface area contributed by atoms with Crippen molar-refractivity contribution < 1.29 is 18.7 Å². The van der Waals surface area contributed by atoms with Crippen molar-refractivity contribution in [2.45, 2.75) is 44.3 Å². The number of amides is 1. The van der Waals surface area contributed by atoms with E-state index in [-0.39, 0.29) is 23.9 Å². The van der Waals surface area contributed by atoms with Gasteiger partial charge in [0.25, 0.3) is 0 Å². The van der Waals surface area contributed by atoms with Crippen LogP contribution in [0.15, 0.2) is 24.3 Å². The average molecular weight is 350 g/mol. The Labute approximate surface area is 148 Å². The molecule has 2 saturated heterocycles. The lowest BCUT2D eigenvalue weighted by atomic mass is 10.2. The number of benzene rings is 1. The third-order valence-corrected chi connectivity index (χ3v) is 4.74. The van der Waals surface area contributed by atoms with Gasteiger partial charge in [0.15, 0.2) is 0 Å². The smallest absolute Gasteiger partial charge is 0.225 e. The zero-order valence-corrected chi connectivity index (χ0v) is 14.6. The first kappa shape index (κ1) is 18.3. The number of nitrogens with zero attached hydrogens (tertiary/aromatic N) is 1. The van der Waals surface area contributed by atoms with E-state index in [1.807, 2.05) is 0 Å². The zero-order chi connectivity index (χ0) is 17.5. The van der Waals surface area contributed by atoms with E-state index in [0.29, 0.717) is 18.7 Å². The standard InChI is InChI=1S/C19H27FN2O3/c20-15-4-1-5-16(12-15)21-19(23)8-9-22(13-17-6-2-10-24-17)14-18-7-3-11-25-18/h1,4-5,12,17-18H,2-3,6-11,13-14H2,(H,21,23)/t17-,18+. The quantitative estimate of drug-likeness (QED) is 0.783. The number of carbonyl (C=O) groups excluding carboxylic acids is 1. The van der Waals surface area contributed by atoms with Gasteiger partial charge in [-0.15, -0.1) is 0 Å². The molecule has 1 N–H and O–H groups in total. The van der Waals surface area contributed by atoms with E-state index in [9.17, 15) is 9.18 Å². The lowest BCUT2D eigenvalue weighted by Gasteiger charge is -2.27. The molecule has 2 fully saturated rings. The predicted molar refractivity (Wildman–Crippen MR) is 94.0 cm³/mol. The highest BCUT2D eigenvalue weighted by Crippen LogP contribution is 2.17. The zero-order valence-electron chi connectivity index (χ0n) is 14.6. The van der Waals surface area contributed by atoms with E-state index >= 15 is 0 Å². The van der Waals surface area contributed by atoms with Crippen LogP contribution in [0.4, 0.5) is 10.1 Å². The summed E-state index contributed by atoms with van der Waals surface area (Å²) in [5, 5.41) is 2.76. The maximum Gasteiger partial charge on any atom is 0.225 e. The Morgan fingerprint density at radius 3 is 2.40 bits per heavy atom. The molecule has 2 heterocycles. The topological polar surface area (TPSA) is 50.8 Å². The monoisotopic (exact) mass is 350 g/mol. The first-order valence-corrected chi connectivity index (χ1v) is 9.20. The van der Waals surface area contributed by atoms with Crippen LogP contribution in [-0.2, 0) is 14.3 Å². The van der Waals surface area contributed by atoms with Crippen LogP contribution in [0.1, 0.15) is 32.1 Å². The molecule has 6 heteroatoms. The van der Waals surface area contributed by atoms with Gasteiger partial charge in [0, 0.05) is 45.0 Å². The Balaban J connectivity index is 1.48. The first-order chi connectivity index (χ1) is 12.2. The predicted octanol–water partition coefficient (Wildman–Crippen LogP) is 2.81. The summed E-state index contributed by atoms with van der Waals surface area (Å²) in [6, 6.07) is 5.97. The van der Waals surface area contributed by atoms with Gasteiger partial charge in [-0.25, -0.2) is 4.39 Å². The van der Waals surface area contributed by atoms with Crippen molar-refractivity contribution in [2.75, 3.05) is 38.2 Å². The lowest BCUT2D eigenvalue weighted by Crippen LogP contribution is -2.39. The van der Waals surface area contributed by atoms with Crippen molar-refractivity contribution in [2.24, 2.45) is 0 Å². The number of ether oxygens (including phenoxy) is 2. The van der Waals surface area contributed by atoms with Crippen molar-refractivity contribution in [3.63, 3.8) is 0 Å². The van der Waals surface area contributed by atoms with Crippen LogP contribution in [0.25, 0.3) is 0 Å². The molecular formula is C19H27FN2O3. The summed E-state index contributed by atoms with van der Waals surface area (Å²) in [6.45, 7) is 4.00. The minimum absolute atomic E-state index is 0.102. The fraction of sp³-hybridized carbons (Fsp3) is 0.632. The van der Waals surface area contributed by atoms with E-state index in [4.69, 9.17) is 9.47 Å².